The Balaban J connectivity index is 1.76. The molecule has 2 aliphatic rings. The normalized spacial score (nSPS) is 26.6. The van der Waals surface area contributed by atoms with Gasteiger partial charge >= 0.3 is 0 Å². The van der Waals surface area contributed by atoms with Gasteiger partial charge in [-0.15, -0.1) is 0 Å². The highest BCUT2D eigenvalue weighted by Crippen LogP contribution is 2.55. The van der Waals surface area contributed by atoms with Gasteiger partial charge in [-0.2, -0.15) is 0 Å². The lowest BCUT2D eigenvalue weighted by atomic mass is 9.60. The summed E-state index contributed by atoms with van der Waals surface area (Å²) in [5, 5.41) is 3.66. The minimum atomic E-state index is 0.334. The van der Waals surface area contributed by atoms with Gasteiger partial charge in [-0.25, -0.2) is 0 Å². The molecule has 1 aromatic rings. The van der Waals surface area contributed by atoms with Gasteiger partial charge in [0.05, 0.1) is 7.11 Å². The molecule has 1 N–H and O–H groups in total. The molecule has 0 amide bonds. The lowest BCUT2D eigenvalue weighted by molar-refractivity contribution is -0.0763. The first-order chi connectivity index (χ1) is 10.2. The number of ether oxygens (including phenoxy) is 2. The van der Waals surface area contributed by atoms with E-state index in [4.69, 9.17) is 9.47 Å². The van der Waals surface area contributed by atoms with Crippen LogP contribution in [0.15, 0.2) is 18.2 Å². The minimum Gasteiger partial charge on any atom is -0.493 e. The summed E-state index contributed by atoms with van der Waals surface area (Å²) in [7, 11) is 1.72. The van der Waals surface area contributed by atoms with Crippen LogP contribution in [0.4, 0.5) is 0 Å². The molecule has 1 spiro atoms. The summed E-state index contributed by atoms with van der Waals surface area (Å²) in [6, 6.07) is 6.83. The number of hydrogen-bond acceptors (Lipinski definition) is 3. The average Bonchev–Trinajstić information content (AvgIpc) is 3.00. The second-order valence-electron chi connectivity index (χ2n) is 6.55. The molecule has 0 aromatic heterocycles. The number of benzene rings is 1. The Morgan fingerprint density at radius 1 is 1.24 bits per heavy atom. The first-order valence-corrected chi connectivity index (χ1v) is 8.24. The van der Waals surface area contributed by atoms with E-state index >= 15 is 0 Å². The van der Waals surface area contributed by atoms with E-state index in [0.717, 1.165) is 24.5 Å². The van der Waals surface area contributed by atoms with E-state index in [1.54, 1.807) is 7.11 Å². The molecule has 2 saturated carbocycles. The van der Waals surface area contributed by atoms with Crippen molar-refractivity contribution in [2.45, 2.75) is 58.1 Å². The summed E-state index contributed by atoms with van der Waals surface area (Å²) >= 11 is 0. The van der Waals surface area contributed by atoms with Crippen LogP contribution >= 0.6 is 0 Å². The molecule has 2 fully saturated rings. The van der Waals surface area contributed by atoms with Crippen LogP contribution in [0.5, 0.6) is 11.5 Å². The molecular weight excluding hydrogens is 262 g/mol. The summed E-state index contributed by atoms with van der Waals surface area (Å²) in [6.07, 6.45) is 6.72. The van der Waals surface area contributed by atoms with Crippen molar-refractivity contribution in [3.8, 4) is 11.5 Å². The van der Waals surface area contributed by atoms with Crippen molar-refractivity contribution in [3.63, 3.8) is 0 Å². The lowest BCUT2D eigenvalue weighted by Gasteiger charge is -2.54. The lowest BCUT2D eigenvalue weighted by Crippen LogP contribution is -2.63. The van der Waals surface area contributed by atoms with Crippen LogP contribution in [0.2, 0.25) is 0 Å². The third-order valence-corrected chi connectivity index (χ3v) is 5.36. The average molecular weight is 289 g/mol. The summed E-state index contributed by atoms with van der Waals surface area (Å²) in [5.74, 6) is 1.75. The highest BCUT2D eigenvalue weighted by atomic mass is 16.5. The Bertz CT molecular complexity index is 494. The Kier molecular flexibility index (Phi) is 4.12. The fourth-order valence-corrected chi connectivity index (χ4v) is 4.17. The first-order valence-electron chi connectivity index (χ1n) is 8.24. The van der Waals surface area contributed by atoms with Crippen molar-refractivity contribution in [2.24, 2.45) is 5.41 Å². The molecule has 0 radical (unpaired) electrons. The molecule has 3 nitrogen and oxygen atoms in total. The van der Waals surface area contributed by atoms with E-state index in [0.29, 0.717) is 17.6 Å². The summed E-state index contributed by atoms with van der Waals surface area (Å²) in [5.41, 5.74) is 1.56. The minimum absolute atomic E-state index is 0.334. The van der Waals surface area contributed by atoms with E-state index in [1.165, 1.54) is 31.2 Å². The molecule has 2 unspecified atom stereocenters. The predicted molar refractivity (Wildman–Crippen MR) is 85.1 cm³/mol. The first kappa shape index (κ1) is 14.7. The fraction of sp³-hybridized carbons (Fsp3) is 0.667. The van der Waals surface area contributed by atoms with Crippen LogP contribution in [-0.4, -0.2) is 25.8 Å². The van der Waals surface area contributed by atoms with Gasteiger partial charge in [-0.3, -0.25) is 0 Å². The highest BCUT2D eigenvalue weighted by molar-refractivity contribution is 5.43. The van der Waals surface area contributed by atoms with E-state index < -0.39 is 0 Å². The zero-order valence-corrected chi connectivity index (χ0v) is 13.4. The van der Waals surface area contributed by atoms with E-state index in [9.17, 15) is 0 Å². The zero-order chi connectivity index (χ0) is 14.9. The Morgan fingerprint density at radius 2 is 2.00 bits per heavy atom. The van der Waals surface area contributed by atoms with Gasteiger partial charge in [0.25, 0.3) is 0 Å². The molecule has 0 bridgehead atoms. The van der Waals surface area contributed by atoms with Crippen molar-refractivity contribution < 1.29 is 9.47 Å². The largest absolute Gasteiger partial charge is 0.493 e. The SMILES string of the molecule is CCNC1CC(Oc2ccc(C)cc2OC)C12CCCC2. The van der Waals surface area contributed by atoms with Gasteiger partial charge < -0.3 is 14.8 Å². The number of hydrogen-bond donors (Lipinski definition) is 1. The van der Waals surface area contributed by atoms with E-state index in [1.807, 2.05) is 0 Å². The second kappa shape index (κ2) is 5.88. The van der Waals surface area contributed by atoms with Crippen LogP contribution in [-0.2, 0) is 0 Å². The van der Waals surface area contributed by atoms with Gasteiger partial charge in [0, 0.05) is 17.9 Å². The van der Waals surface area contributed by atoms with Crippen LogP contribution in [0, 0.1) is 12.3 Å². The number of nitrogens with one attached hydrogen (secondary N) is 1. The Morgan fingerprint density at radius 3 is 2.67 bits per heavy atom. The number of rotatable bonds is 5. The van der Waals surface area contributed by atoms with Gasteiger partial charge in [0.1, 0.15) is 6.10 Å². The predicted octanol–water partition coefficient (Wildman–Crippen LogP) is 3.69. The van der Waals surface area contributed by atoms with Crippen molar-refractivity contribution in [1.29, 1.82) is 0 Å². The van der Waals surface area contributed by atoms with Gasteiger partial charge in [-0.05, 0) is 44.0 Å². The standard InChI is InChI=1S/C18H27NO2/c1-4-19-16-12-17(18(16)9-5-6-10-18)21-14-8-7-13(2)11-15(14)20-3/h7-8,11,16-17,19H,4-6,9-10,12H2,1-3H3. The summed E-state index contributed by atoms with van der Waals surface area (Å²) in [4.78, 5) is 0. The molecule has 0 aliphatic heterocycles. The number of aryl methyl sites for hydroxylation is 1. The van der Waals surface area contributed by atoms with Crippen LogP contribution in [0.25, 0.3) is 0 Å². The van der Waals surface area contributed by atoms with Crippen molar-refractivity contribution >= 4 is 0 Å². The van der Waals surface area contributed by atoms with Gasteiger partial charge in [0.2, 0.25) is 0 Å². The fourth-order valence-electron chi connectivity index (χ4n) is 4.17. The van der Waals surface area contributed by atoms with Crippen molar-refractivity contribution in [2.75, 3.05) is 13.7 Å². The monoisotopic (exact) mass is 289 g/mol. The Hall–Kier alpha value is -1.22. The molecule has 2 aliphatic carbocycles. The molecule has 0 saturated heterocycles. The van der Waals surface area contributed by atoms with E-state index in [-0.39, 0.29) is 0 Å². The van der Waals surface area contributed by atoms with Gasteiger partial charge in [0.15, 0.2) is 11.5 Å². The van der Waals surface area contributed by atoms with Crippen LogP contribution in [0.1, 0.15) is 44.6 Å². The molecule has 3 rings (SSSR count). The number of methoxy groups -OCH3 is 1. The van der Waals surface area contributed by atoms with Crippen molar-refractivity contribution in [3.05, 3.63) is 23.8 Å². The molecule has 21 heavy (non-hydrogen) atoms. The highest BCUT2D eigenvalue weighted by Gasteiger charge is 2.57. The maximum atomic E-state index is 6.38. The van der Waals surface area contributed by atoms with Crippen molar-refractivity contribution in [1.82, 2.24) is 5.32 Å². The maximum Gasteiger partial charge on any atom is 0.161 e. The smallest absolute Gasteiger partial charge is 0.161 e. The quantitative estimate of drug-likeness (QED) is 0.896. The maximum absolute atomic E-state index is 6.38. The third kappa shape index (κ3) is 2.52. The molecule has 2 atom stereocenters. The molecule has 0 heterocycles. The zero-order valence-electron chi connectivity index (χ0n) is 13.4. The Labute approximate surface area is 128 Å². The van der Waals surface area contributed by atoms with E-state index in [2.05, 4.69) is 37.4 Å². The molecule has 1 aromatic carbocycles. The topological polar surface area (TPSA) is 30.5 Å². The second-order valence-corrected chi connectivity index (χ2v) is 6.55. The van der Waals surface area contributed by atoms with Crippen LogP contribution in [0.3, 0.4) is 0 Å². The van der Waals surface area contributed by atoms with Gasteiger partial charge in [-0.1, -0.05) is 25.8 Å². The molecule has 3 heteroatoms. The van der Waals surface area contributed by atoms with Crippen LogP contribution < -0.4 is 14.8 Å². The molecular formula is C18H27NO2. The summed E-state index contributed by atoms with van der Waals surface area (Å²) in [6.45, 7) is 5.32. The summed E-state index contributed by atoms with van der Waals surface area (Å²) < 4.78 is 11.9. The third-order valence-electron chi connectivity index (χ3n) is 5.36. The molecule has 116 valence electrons.